The predicted octanol–water partition coefficient (Wildman–Crippen LogP) is 4.10. The fraction of sp³-hybridized carbons (Fsp3) is 0.625. The molecule has 0 amide bonds. The number of carboxylic acid groups (broad SMARTS) is 1. The molecule has 0 bridgehead atoms. The first-order valence-corrected chi connectivity index (χ1v) is 10.5. The largest absolute Gasteiger partial charge is 0.481 e. The summed E-state index contributed by atoms with van der Waals surface area (Å²) in [4.78, 5) is 10.6. The van der Waals surface area contributed by atoms with Crippen molar-refractivity contribution in [1.82, 2.24) is 0 Å². The van der Waals surface area contributed by atoms with Crippen molar-refractivity contribution in [2.75, 3.05) is 0 Å². The normalized spacial score (nSPS) is 29.2. The van der Waals surface area contributed by atoms with E-state index in [0.717, 1.165) is 25.7 Å². The maximum absolute atomic E-state index is 10.6. The molecule has 0 aromatic carbocycles. The summed E-state index contributed by atoms with van der Waals surface area (Å²) in [6.45, 7) is 4.02. The number of carbonyl (C=O) groups is 1. The Morgan fingerprint density at radius 3 is 2.89 bits per heavy atom. The van der Waals surface area contributed by atoms with Gasteiger partial charge in [0.15, 0.2) is 0 Å². The second-order valence-electron chi connectivity index (χ2n) is 8.09. The van der Waals surface area contributed by atoms with Gasteiger partial charge in [0.05, 0.1) is 12.2 Å². The number of fused-ring (bicyclic) bond motifs is 1. The van der Waals surface area contributed by atoms with Gasteiger partial charge in [0.1, 0.15) is 0 Å². The molecule has 1 saturated carbocycles. The number of aliphatic hydroxyl groups excluding tert-OH is 2. The molecule has 28 heavy (non-hydrogen) atoms. The van der Waals surface area contributed by atoms with E-state index in [0.29, 0.717) is 24.7 Å². The summed E-state index contributed by atoms with van der Waals surface area (Å²) in [5.74, 6) is 6.28. The van der Waals surface area contributed by atoms with Gasteiger partial charge in [-0.1, -0.05) is 49.8 Å². The first-order chi connectivity index (χ1) is 13.4. The zero-order valence-electron chi connectivity index (χ0n) is 17.1. The summed E-state index contributed by atoms with van der Waals surface area (Å²) in [5, 5.41) is 29.6. The van der Waals surface area contributed by atoms with Crippen molar-refractivity contribution in [3.8, 4) is 11.8 Å². The molecule has 2 aliphatic carbocycles. The van der Waals surface area contributed by atoms with Crippen molar-refractivity contribution < 1.29 is 20.1 Å². The van der Waals surface area contributed by atoms with Crippen molar-refractivity contribution in [3.05, 3.63) is 36.0 Å². The number of allylic oxidation sites excluding steroid dienone is 4. The lowest BCUT2D eigenvalue weighted by atomic mass is 9.78. The minimum absolute atomic E-state index is 0.0819. The third-order valence-electron chi connectivity index (χ3n) is 5.89. The van der Waals surface area contributed by atoms with Crippen LogP contribution in [0.2, 0.25) is 0 Å². The van der Waals surface area contributed by atoms with Crippen molar-refractivity contribution in [1.29, 1.82) is 0 Å². The molecule has 6 atom stereocenters. The number of aliphatic carboxylic acids is 1. The van der Waals surface area contributed by atoms with Gasteiger partial charge in [-0.3, -0.25) is 4.79 Å². The van der Waals surface area contributed by atoms with Crippen LogP contribution in [0.5, 0.6) is 0 Å². The second kappa shape index (κ2) is 11.2. The summed E-state index contributed by atoms with van der Waals surface area (Å²) >= 11 is 0. The lowest BCUT2D eigenvalue weighted by molar-refractivity contribution is -0.136. The molecular formula is C24H34O4. The molecule has 2 aliphatic rings. The van der Waals surface area contributed by atoms with Crippen LogP contribution in [0.25, 0.3) is 0 Å². The molecule has 4 nitrogen and oxygen atoms in total. The van der Waals surface area contributed by atoms with Crippen molar-refractivity contribution in [2.45, 2.75) is 71.0 Å². The fourth-order valence-corrected chi connectivity index (χ4v) is 4.23. The van der Waals surface area contributed by atoms with Crippen LogP contribution in [-0.2, 0) is 4.79 Å². The first kappa shape index (κ1) is 22.5. The Morgan fingerprint density at radius 1 is 1.39 bits per heavy atom. The van der Waals surface area contributed by atoms with Gasteiger partial charge < -0.3 is 15.3 Å². The highest BCUT2D eigenvalue weighted by atomic mass is 16.4. The lowest BCUT2D eigenvalue weighted by Crippen LogP contribution is -2.21. The van der Waals surface area contributed by atoms with Gasteiger partial charge in [-0.2, -0.15) is 0 Å². The molecule has 0 aromatic rings. The molecule has 0 spiro atoms. The molecule has 154 valence electrons. The summed E-state index contributed by atoms with van der Waals surface area (Å²) in [5.41, 5.74) is 1.24. The van der Waals surface area contributed by atoms with Gasteiger partial charge in [-0.15, -0.1) is 11.8 Å². The van der Waals surface area contributed by atoms with E-state index in [1.807, 2.05) is 38.2 Å². The van der Waals surface area contributed by atoms with Gasteiger partial charge in [-0.05, 0) is 43.4 Å². The fourth-order valence-electron chi connectivity index (χ4n) is 4.23. The molecule has 0 saturated heterocycles. The van der Waals surface area contributed by atoms with E-state index < -0.39 is 12.1 Å². The SMILES string of the molecule is CCC#CCC(C)C(O)C=C[C@H]1[C@H]2CCC(C=CCCC(=O)O)=C[C@@H]2C[C@H]1O. The Kier molecular flexibility index (Phi) is 9.02. The number of rotatable bonds is 8. The van der Waals surface area contributed by atoms with Gasteiger partial charge in [0.2, 0.25) is 0 Å². The molecular weight excluding hydrogens is 352 g/mol. The van der Waals surface area contributed by atoms with Crippen LogP contribution in [0, 0.1) is 35.5 Å². The number of carboxylic acids is 1. The maximum Gasteiger partial charge on any atom is 0.303 e. The summed E-state index contributed by atoms with van der Waals surface area (Å²) in [7, 11) is 0. The minimum Gasteiger partial charge on any atom is -0.481 e. The van der Waals surface area contributed by atoms with E-state index in [9.17, 15) is 15.0 Å². The van der Waals surface area contributed by atoms with Gasteiger partial charge >= 0.3 is 5.97 Å². The predicted molar refractivity (Wildman–Crippen MR) is 111 cm³/mol. The second-order valence-corrected chi connectivity index (χ2v) is 8.09. The zero-order valence-corrected chi connectivity index (χ0v) is 17.1. The minimum atomic E-state index is -0.773. The molecule has 0 aromatic heterocycles. The number of hydrogen-bond acceptors (Lipinski definition) is 3. The first-order valence-electron chi connectivity index (χ1n) is 10.5. The monoisotopic (exact) mass is 386 g/mol. The van der Waals surface area contributed by atoms with Gasteiger partial charge in [-0.25, -0.2) is 0 Å². The van der Waals surface area contributed by atoms with Crippen LogP contribution in [-0.4, -0.2) is 33.5 Å². The summed E-state index contributed by atoms with van der Waals surface area (Å²) in [6, 6.07) is 0. The van der Waals surface area contributed by atoms with E-state index >= 15 is 0 Å². The average molecular weight is 387 g/mol. The molecule has 0 radical (unpaired) electrons. The lowest BCUT2D eigenvalue weighted by Gasteiger charge is -2.27. The Morgan fingerprint density at radius 2 is 2.18 bits per heavy atom. The Labute approximate surface area is 169 Å². The van der Waals surface area contributed by atoms with E-state index in [2.05, 4.69) is 17.9 Å². The Bertz CT molecular complexity index is 664. The summed E-state index contributed by atoms with van der Waals surface area (Å²) < 4.78 is 0. The van der Waals surface area contributed by atoms with E-state index in [1.165, 1.54) is 5.57 Å². The average Bonchev–Trinajstić information content (AvgIpc) is 2.97. The zero-order chi connectivity index (χ0) is 20.5. The molecule has 0 aliphatic heterocycles. The smallest absolute Gasteiger partial charge is 0.303 e. The third-order valence-corrected chi connectivity index (χ3v) is 5.89. The Hall–Kier alpha value is -1.83. The maximum atomic E-state index is 10.6. The van der Waals surface area contributed by atoms with Crippen LogP contribution >= 0.6 is 0 Å². The standard InChI is InChI=1S/C24H34O4/c1-3-4-5-8-17(2)22(25)14-13-21-20-12-11-18(9-6-7-10-24(27)28)15-19(20)16-23(21)26/h6,9,13-15,17,19-23,25-26H,3,7-8,10-12,16H2,1-2H3,(H,27,28)/t17?,19-,20+,21+,22?,23-/m1/s1. The van der Waals surface area contributed by atoms with E-state index in [1.54, 1.807) is 0 Å². The molecule has 4 heteroatoms. The molecule has 3 N–H and O–H groups in total. The highest BCUT2D eigenvalue weighted by molar-refractivity contribution is 5.66. The number of aliphatic hydroxyl groups is 2. The van der Waals surface area contributed by atoms with Crippen molar-refractivity contribution in [3.63, 3.8) is 0 Å². The van der Waals surface area contributed by atoms with Crippen LogP contribution in [0.1, 0.15) is 58.8 Å². The third kappa shape index (κ3) is 6.65. The van der Waals surface area contributed by atoms with Crippen LogP contribution in [0.3, 0.4) is 0 Å². The van der Waals surface area contributed by atoms with Crippen molar-refractivity contribution in [2.24, 2.45) is 23.7 Å². The van der Waals surface area contributed by atoms with E-state index in [-0.39, 0.29) is 24.4 Å². The highest BCUT2D eigenvalue weighted by Gasteiger charge is 2.41. The molecule has 2 rings (SSSR count). The molecule has 2 unspecified atom stereocenters. The molecule has 0 heterocycles. The van der Waals surface area contributed by atoms with Crippen LogP contribution in [0.15, 0.2) is 36.0 Å². The van der Waals surface area contributed by atoms with Gasteiger partial charge in [0, 0.05) is 25.2 Å². The van der Waals surface area contributed by atoms with Crippen LogP contribution in [0.4, 0.5) is 0 Å². The van der Waals surface area contributed by atoms with Crippen molar-refractivity contribution >= 4 is 5.97 Å². The number of hydrogen-bond donors (Lipinski definition) is 3. The van der Waals surface area contributed by atoms with Crippen LogP contribution < -0.4 is 0 Å². The highest BCUT2D eigenvalue weighted by Crippen LogP contribution is 2.45. The van der Waals surface area contributed by atoms with E-state index in [4.69, 9.17) is 5.11 Å². The van der Waals surface area contributed by atoms with Gasteiger partial charge in [0.25, 0.3) is 0 Å². The summed E-state index contributed by atoms with van der Waals surface area (Å²) in [6.07, 6.45) is 14.1. The quantitative estimate of drug-likeness (QED) is 0.434. The topological polar surface area (TPSA) is 77.8 Å². The molecule has 1 fully saturated rings. The Balaban J connectivity index is 1.92.